The van der Waals surface area contributed by atoms with E-state index in [9.17, 15) is 35.4 Å². The van der Waals surface area contributed by atoms with E-state index in [2.05, 4.69) is 141 Å². The second-order valence-electron chi connectivity index (χ2n) is 35.5. The van der Waals surface area contributed by atoms with Crippen LogP contribution in [0, 0.1) is 11.8 Å². The first-order valence-electron chi connectivity index (χ1n) is 47.8. The van der Waals surface area contributed by atoms with Gasteiger partial charge in [-0.2, -0.15) is 9.97 Å². The highest BCUT2D eigenvalue weighted by atomic mass is 32.2. The van der Waals surface area contributed by atoms with E-state index in [0.29, 0.717) is 61.9 Å². The molecule has 1 amide bonds. The first kappa shape index (κ1) is 98.0. The van der Waals surface area contributed by atoms with E-state index in [1.807, 2.05) is 200 Å². The molecule has 2 saturated heterocycles. The van der Waals surface area contributed by atoms with Gasteiger partial charge in [0.05, 0.1) is 72.5 Å². The molecule has 16 aromatic rings. The predicted molar refractivity (Wildman–Crippen MR) is 562 cm³/mol. The SMILES string of the molecule is CN(C)[C@@H]1CCC(c2nc(NCc3ccccc3Sc3ccccc3CO)nc3ccccc23)C1.NC(=O)[C@@H]1CCCC1c1nc(NCc2ccccc2Sc2ccccc2CO)nc2ccccc12.OCc1ccccc1Sc1ccccc1CNc1nc(N2CCCC(CO)C2)c2ccccc2n1.OCc1ccccc1Sc1ccccc1CNc1nc(N2CCC[C@H]2CO)c2ccccc2n1. The molecule has 2 aliphatic heterocycles. The van der Waals surface area contributed by atoms with Crippen molar-refractivity contribution < 1.29 is 35.4 Å². The number of para-hydroxylation sites is 4. The second kappa shape index (κ2) is 48.3. The van der Waals surface area contributed by atoms with Gasteiger partial charge >= 0.3 is 0 Å². The molecule has 0 spiro atoms. The Kier molecular flexibility index (Phi) is 34.1. The number of nitrogens with two attached hydrogens (primary N) is 1. The lowest BCUT2D eigenvalue weighted by atomic mass is 9.90. The van der Waals surface area contributed by atoms with Crippen molar-refractivity contribution in [2.45, 2.75) is 180 Å². The molecule has 23 nitrogen and oxygen atoms in total. The number of amides is 1. The minimum Gasteiger partial charge on any atom is -0.396 e. The Morgan fingerprint density at radius 2 is 0.691 bits per heavy atom. The number of rotatable bonds is 32. The standard InChI is InChI=1S/C29H32N4OS.C28H30N4O2S.C28H28N4O2S.C27H28N4O2S/c1-33(2)23-16-15-20(17-23)28-24-11-5-6-12-25(24)31-29(32-28)30-18-21-9-3-7-13-26(21)35-27-14-8-4-10-22(27)19-34;33-18-20-8-7-15-32(17-20)27-23-11-3-4-12-24(23)30-28(31-27)29-16-21-9-1-5-13-25(21)35-26-14-6-2-10-22(26)19-34;29-27(34)21-12-7-11-20(21)26-22-10-3-4-13-23(22)31-28(32-26)30-16-18-8-1-5-14-24(18)35-25-15-6-2-9-19(25)17-33;32-17-20-9-2-6-14-25(20)34-24-13-5-1-8-19(24)16-28-27-29-23-12-4-3-11-22(23)26(30-27)31-15-7-10-21(31)18-33/h3-14,20,23,34H,15-19H2,1-2H3,(H,30,31,32);1-6,9-14,20,33-34H,7-8,15-19H2,(H,29,30,31);1-6,8-10,13-15,20-21,33H,7,11-12,16-17H2,(H2,29,34)(H,30,31,32);1-6,8-9,11-14,21,32-33H,7,10,15-18H2,(H,28,29,30)/t20?,23-;;20?,21-;21-/m1.10/s1. The molecule has 0 radical (unpaired) electrons. The number of primary amides is 1. The number of aliphatic hydroxyl groups excluding tert-OH is 6. The summed E-state index contributed by atoms with van der Waals surface area (Å²) in [5, 5.41) is 76.4. The number of aromatic nitrogens is 8. The van der Waals surface area contributed by atoms with E-state index >= 15 is 0 Å². The summed E-state index contributed by atoms with van der Waals surface area (Å²) in [6.45, 7) is 5.37. The van der Waals surface area contributed by atoms with Gasteiger partial charge in [0.15, 0.2) is 0 Å². The van der Waals surface area contributed by atoms with Gasteiger partial charge < -0.3 is 72.3 Å². The molecule has 6 atom stereocenters. The molecule has 12 N–H and O–H groups in total. The molecule has 12 aromatic carbocycles. The maximum atomic E-state index is 12.1. The summed E-state index contributed by atoms with van der Waals surface area (Å²) in [6.07, 6.45) is 10.3. The molecule has 6 heterocycles. The number of anilines is 6. The van der Waals surface area contributed by atoms with Crippen LogP contribution in [0.1, 0.15) is 132 Å². The Bertz CT molecular complexity index is 6870. The van der Waals surface area contributed by atoms with E-state index in [4.69, 9.17) is 45.6 Å². The van der Waals surface area contributed by atoms with Crippen LogP contribution in [0.5, 0.6) is 0 Å². The lowest BCUT2D eigenvalue weighted by molar-refractivity contribution is -0.122. The molecule has 3 unspecified atom stereocenters. The molecular formula is C112H118N16O7S4. The van der Waals surface area contributed by atoms with Crippen molar-refractivity contribution in [2.24, 2.45) is 17.6 Å². The summed E-state index contributed by atoms with van der Waals surface area (Å²) >= 11 is 6.63. The van der Waals surface area contributed by atoms with Crippen LogP contribution >= 0.6 is 47.0 Å². The molecule has 4 aromatic heterocycles. The third-order valence-electron chi connectivity index (χ3n) is 26.2. The second-order valence-corrected chi connectivity index (χ2v) is 39.8. The summed E-state index contributed by atoms with van der Waals surface area (Å²) < 4.78 is 0. The molecule has 20 rings (SSSR count). The van der Waals surface area contributed by atoms with Crippen molar-refractivity contribution >= 4 is 132 Å². The van der Waals surface area contributed by atoms with Gasteiger partial charge in [0, 0.05) is 137 Å². The number of fused-ring (bicyclic) bond motifs is 4. The van der Waals surface area contributed by atoms with Crippen LogP contribution in [-0.4, -0.2) is 140 Å². The molecule has 139 heavy (non-hydrogen) atoms. The van der Waals surface area contributed by atoms with Crippen LogP contribution in [0.4, 0.5) is 35.4 Å². The summed E-state index contributed by atoms with van der Waals surface area (Å²) in [7, 11) is 4.35. The third-order valence-corrected chi connectivity index (χ3v) is 31.2. The first-order chi connectivity index (χ1) is 68.3. The number of hydrogen-bond donors (Lipinski definition) is 11. The zero-order chi connectivity index (χ0) is 95.8. The van der Waals surface area contributed by atoms with Gasteiger partial charge in [-0.15, -0.1) is 0 Å². The Hall–Kier alpha value is -12.6. The van der Waals surface area contributed by atoms with Crippen molar-refractivity contribution in [2.75, 3.05) is 78.0 Å². The van der Waals surface area contributed by atoms with Gasteiger partial charge in [0.25, 0.3) is 0 Å². The average molecular weight is 1930 g/mol. The van der Waals surface area contributed by atoms with E-state index in [1.165, 1.54) is 23.1 Å². The summed E-state index contributed by atoms with van der Waals surface area (Å²) in [5.41, 5.74) is 19.7. The van der Waals surface area contributed by atoms with E-state index in [-0.39, 0.29) is 69.3 Å². The minimum atomic E-state index is -0.251. The molecule has 2 saturated carbocycles. The summed E-state index contributed by atoms with van der Waals surface area (Å²) in [5.74, 6) is 4.51. The lowest BCUT2D eigenvalue weighted by Gasteiger charge is -2.33. The molecule has 27 heteroatoms. The van der Waals surface area contributed by atoms with Crippen LogP contribution in [-0.2, 0) is 57.4 Å². The topological polar surface area (TPSA) is 325 Å². The van der Waals surface area contributed by atoms with E-state index in [0.717, 1.165) is 211 Å². The molecule has 4 fully saturated rings. The largest absolute Gasteiger partial charge is 0.396 e. The Morgan fingerprint density at radius 3 is 1.08 bits per heavy atom. The summed E-state index contributed by atoms with van der Waals surface area (Å²) in [4.78, 5) is 66.6. The number of carbonyl (C=O) groups is 1. The van der Waals surface area contributed by atoms with E-state index < -0.39 is 0 Å². The lowest BCUT2D eigenvalue weighted by Crippen LogP contribution is -2.37. The third kappa shape index (κ3) is 24.6. The van der Waals surface area contributed by atoms with Crippen molar-refractivity contribution in [1.29, 1.82) is 0 Å². The van der Waals surface area contributed by atoms with Crippen LogP contribution in [0.2, 0.25) is 0 Å². The molecule has 0 bridgehead atoms. The van der Waals surface area contributed by atoms with Crippen molar-refractivity contribution in [3.63, 3.8) is 0 Å². The van der Waals surface area contributed by atoms with Crippen molar-refractivity contribution in [3.05, 3.63) is 347 Å². The highest BCUT2D eigenvalue weighted by Gasteiger charge is 2.36. The molecule has 4 aliphatic rings. The molecule has 2 aliphatic carbocycles. The Balaban J connectivity index is 0.000000128. The maximum Gasteiger partial charge on any atom is 0.225 e. The van der Waals surface area contributed by atoms with Gasteiger partial charge in [0.2, 0.25) is 29.7 Å². The fourth-order valence-electron chi connectivity index (χ4n) is 18.8. The number of benzene rings is 12. The first-order valence-corrected chi connectivity index (χ1v) is 51.0. The highest BCUT2D eigenvalue weighted by Crippen LogP contribution is 2.45. The van der Waals surface area contributed by atoms with Crippen LogP contribution in [0.25, 0.3) is 43.6 Å². The fourth-order valence-corrected chi connectivity index (χ4v) is 23.1. The maximum absolute atomic E-state index is 12.1. The van der Waals surface area contributed by atoms with Gasteiger partial charge in [0.1, 0.15) is 11.6 Å². The fraction of sp³-hybridized carbons (Fsp3) is 0.277. The number of carbonyl (C=O) groups excluding carboxylic acids is 1. The predicted octanol–water partition coefficient (Wildman–Crippen LogP) is 21.3. The Labute approximate surface area is 828 Å². The molecular weight excluding hydrogens is 1810 g/mol. The summed E-state index contributed by atoms with van der Waals surface area (Å²) in [6, 6.07) is 98.0. The van der Waals surface area contributed by atoms with Gasteiger partial charge in [-0.05, 0) is 207 Å². The highest BCUT2D eigenvalue weighted by molar-refractivity contribution is 8.00. The van der Waals surface area contributed by atoms with Crippen LogP contribution in [0.15, 0.2) is 330 Å². The monoisotopic (exact) mass is 1930 g/mol. The number of aliphatic hydroxyl groups is 6. The zero-order valence-corrected chi connectivity index (χ0v) is 81.4. The number of nitrogens with one attached hydrogen (secondary N) is 4. The van der Waals surface area contributed by atoms with Gasteiger partial charge in [-0.25, -0.2) is 29.9 Å². The van der Waals surface area contributed by atoms with Crippen molar-refractivity contribution in [1.82, 2.24) is 44.8 Å². The number of piperidine rings is 1. The van der Waals surface area contributed by atoms with Crippen molar-refractivity contribution in [3.8, 4) is 0 Å². The Morgan fingerprint density at radius 1 is 0.353 bits per heavy atom. The number of hydrogen-bond acceptors (Lipinski definition) is 26. The van der Waals surface area contributed by atoms with Crippen LogP contribution in [0.3, 0.4) is 0 Å². The minimum absolute atomic E-state index is 0.00472. The van der Waals surface area contributed by atoms with Gasteiger partial charge in [-0.1, -0.05) is 260 Å². The number of nitrogens with zero attached hydrogens (tertiary/aromatic N) is 11. The van der Waals surface area contributed by atoms with Crippen LogP contribution < -0.4 is 36.8 Å². The molecule has 712 valence electrons. The smallest absolute Gasteiger partial charge is 0.225 e. The zero-order valence-electron chi connectivity index (χ0n) is 78.2. The van der Waals surface area contributed by atoms with E-state index in [1.54, 1.807) is 47.0 Å². The normalized spacial score (nSPS) is 16.8. The quantitative estimate of drug-likeness (QED) is 0.0187. The average Bonchev–Trinajstić information content (AvgIpc) is 1.76. The van der Waals surface area contributed by atoms with Gasteiger partial charge in [-0.3, -0.25) is 4.79 Å².